The van der Waals surface area contributed by atoms with Gasteiger partial charge in [0.1, 0.15) is 11.3 Å². The Balaban J connectivity index is 2.14. The molecule has 6 nitrogen and oxygen atoms in total. The molecule has 26 heavy (non-hydrogen) atoms. The van der Waals surface area contributed by atoms with Gasteiger partial charge in [-0.25, -0.2) is 16.4 Å². The molecule has 0 saturated carbocycles. The van der Waals surface area contributed by atoms with Crippen LogP contribution in [0, 0.1) is 18.6 Å². The van der Waals surface area contributed by atoms with E-state index < -0.39 is 17.3 Å². The summed E-state index contributed by atoms with van der Waals surface area (Å²) in [5.41, 5.74) is -0.174. The van der Waals surface area contributed by atoms with E-state index in [0.717, 1.165) is 22.3 Å². The number of hydrogen-bond donors (Lipinski definition) is 0. The number of rotatable bonds is 0. The number of halogens is 3. The van der Waals surface area contributed by atoms with Crippen molar-refractivity contribution in [3.8, 4) is 0 Å². The Morgan fingerprint density at radius 1 is 1.15 bits per heavy atom. The predicted octanol–water partition coefficient (Wildman–Crippen LogP) is 2.14. The highest BCUT2D eigenvalue weighted by Gasteiger charge is 2.34. The number of aromatic nitrogens is 2. The molecule has 1 aromatic heterocycles. The molecule has 140 valence electrons. The average molecular weight is 475 g/mol. The first-order chi connectivity index (χ1) is 12.3. The molecule has 0 aliphatic carbocycles. The summed E-state index contributed by atoms with van der Waals surface area (Å²) in [6, 6.07) is 0.150. The van der Waals surface area contributed by atoms with E-state index in [1.54, 1.807) is 22.9 Å². The SMILES string of the molecule is Cc1c(F)c2c3c(nc(=O)n(I)c3c1F)N1CCN(C)CC1CCN2C. The third-order valence-corrected chi connectivity index (χ3v) is 6.37. The van der Waals surface area contributed by atoms with E-state index in [1.165, 1.54) is 6.92 Å². The van der Waals surface area contributed by atoms with Crippen molar-refractivity contribution in [2.24, 2.45) is 0 Å². The number of nitrogens with zero attached hydrogens (tertiary/aromatic N) is 5. The molecule has 1 saturated heterocycles. The number of anilines is 2. The van der Waals surface area contributed by atoms with Gasteiger partial charge in [-0.3, -0.25) is 0 Å². The second kappa shape index (κ2) is 6.29. The quantitative estimate of drug-likeness (QED) is 0.547. The fourth-order valence-corrected chi connectivity index (χ4v) is 4.58. The van der Waals surface area contributed by atoms with Crippen LogP contribution in [0.5, 0.6) is 0 Å². The first kappa shape index (κ1) is 17.9. The van der Waals surface area contributed by atoms with Crippen molar-refractivity contribution in [3.05, 3.63) is 27.7 Å². The molecule has 0 amide bonds. The maximum Gasteiger partial charge on any atom is 0.359 e. The van der Waals surface area contributed by atoms with Crippen LogP contribution in [0.25, 0.3) is 10.9 Å². The lowest BCUT2D eigenvalue weighted by atomic mass is 10.0. The van der Waals surface area contributed by atoms with E-state index in [2.05, 4.69) is 21.8 Å². The van der Waals surface area contributed by atoms with Crippen molar-refractivity contribution >= 4 is 45.3 Å². The summed E-state index contributed by atoms with van der Waals surface area (Å²) in [5.74, 6) is -0.880. The summed E-state index contributed by atoms with van der Waals surface area (Å²) in [6.45, 7) is 4.37. The van der Waals surface area contributed by atoms with Gasteiger partial charge in [-0.15, -0.1) is 0 Å². The van der Waals surface area contributed by atoms with Crippen molar-refractivity contribution in [1.29, 1.82) is 0 Å². The van der Waals surface area contributed by atoms with Crippen molar-refractivity contribution in [2.45, 2.75) is 19.4 Å². The highest BCUT2D eigenvalue weighted by molar-refractivity contribution is 14.1. The topological polar surface area (TPSA) is 44.6 Å². The standard InChI is InChI=1S/C17H20F2IN5O/c1-9-12(18)14-11-15(13(9)19)25(20)17(26)21-16(11)24-7-6-22(2)8-10(24)4-5-23(14)3/h10H,4-8H2,1-3H3. The molecule has 9 heteroatoms. The van der Waals surface area contributed by atoms with Crippen molar-refractivity contribution in [1.82, 2.24) is 12.7 Å². The summed E-state index contributed by atoms with van der Waals surface area (Å²) in [5, 5.41) is 0.386. The molecule has 0 bridgehead atoms. The zero-order chi connectivity index (χ0) is 18.7. The Labute approximate surface area is 163 Å². The lowest BCUT2D eigenvalue weighted by molar-refractivity contribution is 0.260. The van der Waals surface area contributed by atoms with Crippen LogP contribution in [0.1, 0.15) is 12.0 Å². The third-order valence-electron chi connectivity index (χ3n) is 5.47. The molecule has 2 aromatic rings. The van der Waals surface area contributed by atoms with Crippen LogP contribution in [0.4, 0.5) is 20.3 Å². The summed E-state index contributed by atoms with van der Waals surface area (Å²) in [4.78, 5) is 22.8. The Kier molecular flexibility index (Phi) is 4.33. The number of piperazine rings is 1. The first-order valence-corrected chi connectivity index (χ1v) is 9.54. The minimum atomic E-state index is -0.698. The zero-order valence-corrected chi connectivity index (χ0v) is 17.0. The molecule has 4 rings (SSSR count). The minimum Gasteiger partial charge on any atom is -0.371 e. The van der Waals surface area contributed by atoms with Crippen LogP contribution in [0.2, 0.25) is 0 Å². The molecule has 1 fully saturated rings. The lowest BCUT2D eigenvalue weighted by Gasteiger charge is -2.43. The van der Waals surface area contributed by atoms with Crippen LogP contribution in [0.3, 0.4) is 0 Å². The van der Waals surface area contributed by atoms with E-state index in [9.17, 15) is 9.18 Å². The van der Waals surface area contributed by atoms with E-state index in [1.807, 2.05) is 11.9 Å². The van der Waals surface area contributed by atoms with Gasteiger partial charge < -0.3 is 14.7 Å². The highest BCUT2D eigenvalue weighted by atomic mass is 127. The van der Waals surface area contributed by atoms with Gasteiger partial charge in [0, 0.05) is 44.8 Å². The van der Waals surface area contributed by atoms with Gasteiger partial charge in [0.15, 0.2) is 11.6 Å². The summed E-state index contributed by atoms with van der Waals surface area (Å²) in [6.07, 6.45) is 0.812. The second-order valence-corrected chi connectivity index (χ2v) is 8.11. The van der Waals surface area contributed by atoms with Gasteiger partial charge in [0.25, 0.3) is 0 Å². The average Bonchev–Trinajstić information content (AvgIpc) is 2.60. The summed E-state index contributed by atoms with van der Waals surface area (Å²) in [7, 11) is 3.87. The molecule has 1 unspecified atom stereocenters. The fourth-order valence-electron chi connectivity index (χ4n) is 4.02. The number of likely N-dealkylation sites (N-methyl/N-ethyl adjacent to an activating group) is 1. The number of benzene rings is 1. The molecular formula is C17H20F2IN5O. The molecule has 1 aromatic carbocycles. The Morgan fingerprint density at radius 2 is 1.88 bits per heavy atom. The third kappa shape index (κ3) is 2.50. The monoisotopic (exact) mass is 475 g/mol. The molecule has 0 radical (unpaired) electrons. The highest BCUT2D eigenvalue weighted by Crippen LogP contribution is 2.41. The molecule has 0 spiro atoms. The van der Waals surface area contributed by atoms with Crippen LogP contribution >= 0.6 is 22.9 Å². The van der Waals surface area contributed by atoms with Gasteiger partial charge in [-0.1, -0.05) is 0 Å². The van der Waals surface area contributed by atoms with E-state index >= 15 is 4.39 Å². The Hall–Kier alpha value is -1.49. The fraction of sp³-hybridized carbons (Fsp3) is 0.529. The molecule has 1 atom stereocenters. The number of hydrogen-bond acceptors (Lipinski definition) is 5. The van der Waals surface area contributed by atoms with E-state index in [4.69, 9.17) is 0 Å². The van der Waals surface area contributed by atoms with Crippen molar-refractivity contribution in [3.63, 3.8) is 0 Å². The van der Waals surface area contributed by atoms with Crippen LogP contribution in [-0.2, 0) is 0 Å². The lowest BCUT2D eigenvalue weighted by Crippen LogP contribution is -2.54. The molecular weight excluding hydrogens is 455 g/mol. The first-order valence-electron chi connectivity index (χ1n) is 8.58. The zero-order valence-electron chi connectivity index (χ0n) is 14.9. The van der Waals surface area contributed by atoms with E-state index in [0.29, 0.717) is 30.0 Å². The van der Waals surface area contributed by atoms with Crippen LogP contribution < -0.4 is 15.5 Å². The summed E-state index contributed by atoms with van der Waals surface area (Å²) >= 11 is 1.74. The largest absolute Gasteiger partial charge is 0.371 e. The summed E-state index contributed by atoms with van der Waals surface area (Å²) < 4.78 is 31.2. The van der Waals surface area contributed by atoms with Crippen molar-refractivity contribution < 1.29 is 8.78 Å². The Bertz CT molecular complexity index is 963. The van der Waals surface area contributed by atoms with Gasteiger partial charge in [0.05, 0.1) is 33.9 Å². The minimum absolute atomic E-state index is 0.0724. The molecule has 3 heterocycles. The normalized spacial score (nSPS) is 20.9. The van der Waals surface area contributed by atoms with Gasteiger partial charge in [-0.2, -0.15) is 4.98 Å². The molecule has 0 N–H and O–H groups in total. The molecule has 2 aliphatic heterocycles. The van der Waals surface area contributed by atoms with Gasteiger partial charge in [0.2, 0.25) is 0 Å². The van der Waals surface area contributed by atoms with Crippen molar-refractivity contribution in [2.75, 3.05) is 50.1 Å². The smallest absolute Gasteiger partial charge is 0.359 e. The maximum atomic E-state index is 15.1. The second-order valence-electron chi connectivity index (χ2n) is 7.14. The maximum absolute atomic E-state index is 15.1. The van der Waals surface area contributed by atoms with Crippen LogP contribution in [0.15, 0.2) is 4.79 Å². The Morgan fingerprint density at radius 3 is 2.62 bits per heavy atom. The van der Waals surface area contributed by atoms with Gasteiger partial charge in [-0.05, 0) is 20.4 Å². The van der Waals surface area contributed by atoms with E-state index in [-0.39, 0.29) is 17.1 Å². The number of fused-ring (bicyclic) bond motifs is 2. The predicted molar refractivity (Wildman–Crippen MR) is 107 cm³/mol. The molecule has 2 aliphatic rings. The van der Waals surface area contributed by atoms with Crippen LogP contribution in [-0.4, -0.2) is 59.0 Å². The van der Waals surface area contributed by atoms with Gasteiger partial charge >= 0.3 is 5.69 Å².